The maximum atomic E-state index is 6.02. The number of fused-ring (bicyclic) bond motifs is 1. The summed E-state index contributed by atoms with van der Waals surface area (Å²) >= 11 is 0. The molecule has 27 heavy (non-hydrogen) atoms. The minimum atomic E-state index is 0.140. The minimum Gasteiger partial charge on any atom is -0.496 e. The van der Waals surface area contributed by atoms with Gasteiger partial charge in [0, 0.05) is 29.4 Å². The lowest BCUT2D eigenvalue weighted by molar-refractivity contribution is 0.253. The number of hydrogen-bond donors (Lipinski definition) is 2. The van der Waals surface area contributed by atoms with Crippen molar-refractivity contribution < 1.29 is 4.74 Å². The molecule has 4 heterocycles. The molecule has 4 rings (SSSR count). The summed E-state index contributed by atoms with van der Waals surface area (Å²) in [5, 5.41) is 4.38. The highest BCUT2D eigenvalue weighted by Crippen LogP contribution is 2.30. The third kappa shape index (κ3) is 3.37. The summed E-state index contributed by atoms with van der Waals surface area (Å²) in [6.07, 6.45) is 5.74. The number of anilines is 2. The number of likely N-dealkylation sites (tertiary alicyclic amines) is 1. The quantitative estimate of drug-likeness (QED) is 0.706. The van der Waals surface area contributed by atoms with Crippen molar-refractivity contribution in [3.05, 3.63) is 29.7 Å². The fourth-order valence-corrected chi connectivity index (χ4v) is 3.64. The molecular formula is C18H24N8O. The number of rotatable bonds is 4. The van der Waals surface area contributed by atoms with Gasteiger partial charge in [-0.05, 0) is 33.0 Å². The molecule has 1 saturated heterocycles. The Morgan fingerprint density at radius 2 is 1.96 bits per heavy atom. The van der Waals surface area contributed by atoms with Crippen molar-refractivity contribution in [3.63, 3.8) is 0 Å². The van der Waals surface area contributed by atoms with Gasteiger partial charge in [-0.3, -0.25) is 9.67 Å². The fraction of sp³-hybridized carbons (Fsp3) is 0.444. The number of ether oxygens (including phenoxy) is 1. The Kier molecular flexibility index (Phi) is 4.53. The van der Waals surface area contributed by atoms with Crippen molar-refractivity contribution in [1.82, 2.24) is 29.6 Å². The molecule has 3 aromatic rings. The number of methoxy groups -OCH3 is 1. The maximum absolute atomic E-state index is 6.02. The van der Waals surface area contributed by atoms with E-state index in [1.165, 1.54) is 0 Å². The zero-order valence-corrected chi connectivity index (χ0v) is 15.6. The van der Waals surface area contributed by atoms with Crippen LogP contribution in [0.1, 0.15) is 30.0 Å². The van der Waals surface area contributed by atoms with Gasteiger partial charge in [0.1, 0.15) is 16.8 Å². The zero-order chi connectivity index (χ0) is 19.0. The van der Waals surface area contributed by atoms with E-state index in [4.69, 9.17) is 21.2 Å². The van der Waals surface area contributed by atoms with E-state index in [0.29, 0.717) is 29.3 Å². The molecule has 0 radical (unpaired) electrons. The summed E-state index contributed by atoms with van der Waals surface area (Å²) in [5.74, 6) is 1.73. The Labute approximate surface area is 157 Å². The van der Waals surface area contributed by atoms with Crippen LogP contribution < -0.4 is 16.2 Å². The average molecular weight is 368 g/mol. The average Bonchev–Trinajstić information content (AvgIpc) is 3.05. The molecule has 142 valence electrons. The van der Waals surface area contributed by atoms with Crippen LogP contribution in [0.25, 0.3) is 11.0 Å². The number of nitrogen functional groups attached to an aromatic ring is 2. The van der Waals surface area contributed by atoms with Gasteiger partial charge in [0.25, 0.3) is 0 Å². The highest BCUT2D eigenvalue weighted by Gasteiger charge is 2.21. The van der Waals surface area contributed by atoms with E-state index in [-0.39, 0.29) is 5.95 Å². The molecule has 0 atom stereocenters. The summed E-state index contributed by atoms with van der Waals surface area (Å²) in [6, 6.07) is 2.05. The van der Waals surface area contributed by atoms with Gasteiger partial charge in [-0.25, -0.2) is 4.98 Å². The van der Waals surface area contributed by atoms with Crippen LogP contribution in [0.2, 0.25) is 0 Å². The van der Waals surface area contributed by atoms with Crippen molar-refractivity contribution in [1.29, 1.82) is 0 Å². The standard InChI is InChI=1S/C18H24N8O/c1-25-5-3-11(4-6-25)13-7-15(27-2)12(8-21-13)10-26-16-14(9-22-26)23-18(20)24-17(16)19/h7-9,11H,3-6,10H2,1-2H3,(H4,19,20,23,24). The molecule has 1 fully saturated rings. The third-order valence-corrected chi connectivity index (χ3v) is 5.17. The van der Waals surface area contributed by atoms with E-state index in [1.54, 1.807) is 18.0 Å². The van der Waals surface area contributed by atoms with Crippen LogP contribution in [-0.2, 0) is 6.54 Å². The van der Waals surface area contributed by atoms with Crippen molar-refractivity contribution in [3.8, 4) is 5.75 Å². The first-order valence-electron chi connectivity index (χ1n) is 9.01. The molecule has 0 amide bonds. The topological polar surface area (TPSA) is 121 Å². The Morgan fingerprint density at radius 1 is 1.19 bits per heavy atom. The van der Waals surface area contributed by atoms with Gasteiger partial charge in [-0.1, -0.05) is 0 Å². The summed E-state index contributed by atoms with van der Waals surface area (Å²) in [6.45, 7) is 2.65. The number of nitrogens with two attached hydrogens (primary N) is 2. The lowest BCUT2D eigenvalue weighted by Gasteiger charge is -2.28. The number of hydrogen-bond acceptors (Lipinski definition) is 8. The Balaban J connectivity index is 1.63. The highest BCUT2D eigenvalue weighted by atomic mass is 16.5. The first-order chi connectivity index (χ1) is 13.0. The molecule has 1 aliphatic heterocycles. The van der Waals surface area contributed by atoms with Crippen LogP contribution in [0.15, 0.2) is 18.5 Å². The van der Waals surface area contributed by atoms with Gasteiger partial charge in [-0.15, -0.1) is 0 Å². The van der Waals surface area contributed by atoms with Crippen LogP contribution in [0.4, 0.5) is 11.8 Å². The second-order valence-electron chi connectivity index (χ2n) is 7.00. The number of nitrogens with zero attached hydrogens (tertiary/aromatic N) is 6. The summed E-state index contributed by atoms with van der Waals surface area (Å²) in [5.41, 5.74) is 15.0. The molecule has 0 aromatic carbocycles. The second kappa shape index (κ2) is 6.99. The highest BCUT2D eigenvalue weighted by molar-refractivity contribution is 5.85. The maximum Gasteiger partial charge on any atom is 0.222 e. The Hall–Kier alpha value is -2.94. The predicted octanol–water partition coefficient (Wildman–Crippen LogP) is 1.25. The number of pyridine rings is 1. The largest absolute Gasteiger partial charge is 0.496 e. The molecule has 0 bridgehead atoms. The molecule has 0 unspecified atom stereocenters. The zero-order valence-electron chi connectivity index (χ0n) is 15.6. The third-order valence-electron chi connectivity index (χ3n) is 5.17. The van der Waals surface area contributed by atoms with Crippen LogP contribution in [0, 0.1) is 0 Å². The van der Waals surface area contributed by atoms with E-state index in [0.717, 1.165) is 42.9 Å². The van der Waals surface area contributed by atoms with Crippen molar-refractivity contribution in [2.75, 3.05) is 38.7 Å². The van der Waals surface area contributed by atoms with Crippen molar-refractivity contribution in [2.45, 2.75) is 25.3 Å². The fourth-order valence-electron chi connectivity index (χ4n) is 3.64. The molecular weight excluding hydrogens is 344 g/mol. The van der Waals surface area contributed by atoms with Gasteiger partial charge in [-0.2, -0.15) is 10.1 Å². The predicted molar refractivity (Wildman–Crippen MR) is 104 cm³/mol. The van der Waals surface area contributed by atoms with Crippen molar-refractivity contribution >= 4 is 22.8 Å². The molecule has 1 aliphatic rings. The monoisotopic (exact) mass is 368 g/mol. The molecule has 9 heteroatoms. The smallest absolute Gasteiger partial charge is 0.222 e. The number of piperidine rings is 1. The van der Waals surface area contributed by atoms with E-state index < -0.39 is 0 Å². The van der Waals surface area contributed by atoms with Crippen LogP contribution in [0.3, 0.4) is 0 Å². The normalized spacial score (nSPS) is 16.1. The van der Waals surface area contributed by atoms with Crippen LogP contribution in [-0.4, -0.2) is 56.9 Å². The van der Waals surface area contributed by atoms with E-state index in [2.05, 4.69) is 33.1 Å². The van der Waals surface area contributed by atoms with Gasteiger partial charge < -0.3 is 21.1 Å². The Morgan fingerprint density at radius 3 is 2.70 bits per heavy atom. The first kappa shape index (κ1) is 17.5. The molecule has 0 spiro atoms. The van der Waals surface area contributed by atoms with Crippen molar-refractivity contribution in [2.24, 2.45) is 0 Å². The lowest BCUT2D eigenvalue weighted by atomic mass is 9.93. The summed E-state index contributed by atoms with van der Waals surface area (Å²) in [7, 11) is 3.83. The van der Waals surface area contributed by atoms with Crippen LogP contribution in [0.5, 0.6) is 5.75 Å². The summed E-state index contributed by atoms with van der Waals surface area (Å²) < 4.78 is 7.38. The second-order valence-corrected chi connectivity index (χ2v) is 7.00. The lowest BCUT2D eigenvalue weighted by Crippen LogP contribution is -2.29. The van der Waals surface area contributed by atoms with Crippen LogP contribution >= 0.6 is 0 Å². The van der Waals surface area contributed by atoms with Gasteiger partial charge in [0.05, 0.1) is 19.9 Å². The van der Waals surface area contributed by atoms with E-state index in [9.17, 15) is 0 Å². The van der Waals surface area contributed by atoms with Gasteiger partial charge in [0.2, 0.25) is 5.95 Å². The molecule has 9 nitrogen and oxygen atoms in total. The SMILES string of the molecule is COc1cc(C2CCN(C)CC2)ncc1Cn1ncc2nc(N)nc(N)c21. The molecule has 0 saturated carbocycles. The molecule has 0 aliphatic carbocycles. The molecule has 3 aromatic heterocycles. The van der Waals surface area contributed by atoms with E-state index in [1.807, 2.05) is 6.20 Å². The van der Waals surface area contributed by atoms with E-state index >= 15 is 0 Å². The van der Waals surface area contributed by atoms with Gasteiger partial charge >= 0.3 is 0 Å². The first-order valence-corrected chi connectivity index (χ1v) is 9.01. The minimum absolute atomic E-state index is 0.140. The molecule has 4 N–H and O–H groups in total. The Bertz CT molecular complexity index is 961. The van der Waals surface area contributed by atoms with Gasteiger partial charge in [0.15, 0.2) is 5.82 Å². The number of aromatic nitrogens is 5. The summed E-state index contributed by atoms with van der Waals surface area (Å²) in [4.78, 5) is 15.3.